The molecule has 0 saturated carbocycles. The molecule has 112 valence electrons. The van der Waals surface area contributed by atoms with Gasteiger partial charge < -0.3 is 4.90 Å². The van der Waals surface area contributed by atoms with Crippen molar-refractivity contribution in [2.24, 2.45) is 0 Å². The fourth-order valence-electron chi connectivity index (χ4n) is 1.77. The molecule has 0 atom stereocenters. The summed E-state index contributed by atoms with van der Waals surface area (Å²) in [4.78, 5) is 5.85. The lowest BCUT2D eigenvalue weighted by atomic mass is 10.1. The van der Waals surface area contributed by atoms with Crippen LogP contribution in [0.3, 0.4) is 0 Å². The second-order valence-electron chi connectivity index (χ2n) is 4.66. The van der Waals surface area contributed by atoms with Gasteiger partial charge in [-0.3, -0.25) is 4.98 Å². The van der Waals surface area contributed by atoms with Crippen LogP contribution in [-0.4, -0.2) is 19.1 Å². The van der Waals surface area contributed by atoms with Crippen molar-refractivity contribution in [3.63, 3.8) is 0 Å². The first-order valence-electron chi connectivity index (χ1n) is 6.08. The molecule has 0 saturated heterocycles. The van der Waals surface area contributed by atoms with Gasteiger partial charge in [0.25, 0.3) is 0 Å². The molecular formula is C14H13ClF3N2S+. The number of pyridine rings is 1. The summed E-state index contributed by atoms with van der Waals surface area (Å²) in [6, 6.07) is 4.67. The number of thiophene rings is 1. The van der Waals surface area contributed by atoms with E-state index >= 15 is 0 Å². The Kier molecular flexibility index (Phi) is 4.70. The first kappa shape index (κ1) is 16.0. The summed E-state index contributed by atoms with van der Waals surface area (Å²) in [5, 5.41) is 1.89. The van der Waals surface area contributed by atoms with Crippen molar-refractivity contribution in [3.05, 3.63) is 57.1 Å². The van der Waals surface area contributed by atoms with Crippen LogP contribution in [0.15, 0.2) is 36.0 Å². The Morgan fingerprint density at radius 3 is 2.57 bits per heavy atom. The van der Waals surface area contributed by atoms with Gasteiger partial charge in [0.2, 0.25) is 0 Å². The van der Waals surface area contributed by atoms with Crippen molar-refractivity contribution in [1.29, 1.82) is 0 Å². The highest BCUT2D eigenvalue weighted by Crippen LogP contribution is 2.34. The van der Waals surface area contributed by atoms with Crippen LogP contribution in [0.5, 0.6) is 0 Å². The molecule has 0 unspecified atom stereocenters. The first-order valence-corrected chi connectivity index (χ1v) is 7.33. The molecule has 0 spiro atoms. The Morgan fingerprint density at radius 1 is 1.38 bits per heavy atom. The average Bonchev–Trinajstić information content (AvgIpc) is 2.88. The fourth-order valence-corrected chi connectivity index (χ4v) is 2.78. The van der Waals surface area contributed by atoms with Crippen LogP contribution in [0.4, 0.5) is 13.2 Å². The average molecular weight is 334 g/mol. The van der Waals surface area contributed by atoms with Gasteiger partial charge in [0.15, 0.2) is 0 Å². The third-order valence-electron chi connectivity index (χ3n) is 2.64. The van der Waals surface area contributed by atoms with Gasteiger partial charge in [0.05, 0.1) is 35.9 Å². The molecule has 0 aliphatic heterocycles. The predicted octanol–water partition coefficient (Wildman–Crippen LogP) is 3.35. The zero-order valence-electron chi connectivity index (χ0n) is 11.3. The minimum absolute atomic E-state index is 0.00859. The highest BCUT2D eigenvalue weighted by Gasteiger charge is 2.32. The molecule has 2 nitrogen and oxygen atoms in total. The van der Waals surface area contributed by atoms with Crippen molar-refractivity contribution >= 4 is 28.5 Å². The standard InChI is InChI=1S/C14H12ClF3N2S/c1-20(2)8-10(12-4-3-5-21-12)13-11(15)6-9(7-19-13)14(16,17)18/h3-8H,1-2H3/p+1/b10-8+. The van der Waals surface area contributed by atoms with Gasteiger partial charge in [-0.05, 0) is 17.5 Å². The van der Waals surface area contributed by atoms with Crippen LogP contribution < -0.4 is 4.90 Å². The Hall–Kier alpha value is -1.37. The minimum atomic E-state index is -4.45. The third kappa shape index (κ3) is 3.84. The van der Waals surface area contributed by atoms with Crippen LogP contribution in [0.25, 0.3) is 5.57 Å². The van der Waals surface area contributed by atoms with Crippen LogP contribution in [0.1, 0.15) is 16.1 Å². The summed E-state index contributed by atoms with van der Waals surface area (Å²) in [7, 11) is 3.82. The fraction of sp³-hybridized carbons (Fsp3) is 0.214. The van der Waals surface area contributed by atoms with Crippen molar-refractivity contribution in [2.75, 3.05) is 14.1 Å². The molecule has 2 aromatic heterocycles. The molecule has 0 amide bonds. The van der Waals surface area contributed by atoms with Gasteiger partial charge in [-0.2, -0.15) is 13.2 Å². The van der Waals surface area contributed by atoms with E-state index in [1.54, 1.807) is 0 Å². The molecule has 0 aliphatic rings. The molecule has 2 heterocycles. The number of nitrogens with zero attached hydrogens (tertiary/aromatic N) is 1. The zero-order chi connectivity index (χ0) is 15.6. The SMILES string of the molecule is C[NH+](C)/C=C(\c1cccs1)c1ncc(C(F)(F)F)cc1Cl. The zero-order valence-corrected chi connectivity index (χ0v) is 12.9. The van der Waals surface area contributed by atoms with Crippen molar-refractivity contribution in [3.8, 4) is 0 Å². The Bertz CT molecular complexity index is 649. The second-order valence-corrected chi connectivity index (χ2v) is 6.02. The number of aromatic nitrogens is 1. The summed E-state index contributed by atoms with van der Waals surface area (Å²) in [5.74, 6) is 0. The maximum Gasteiger partial charge on any atom is 0.417 e. The van der Waals surface area contributed by atoms with Gasteiger partial charge >= 0.3 is 6.18 Å². The van der Waals surface area contributed by atoms with E-state index < -0.39 is 11.7 Å². The van der Waals surface area contributed by atoms with E-state index in [2.05, 4.69) is 4.98 Å². The van der Waals surface area contributed by atoms with Crippen LogP contribution in [0.2, 0.25) is 5.02 Å². The monoisotopic (exact) mass is 333 g/mol. The van der Waals surface area contributed by atoms with E-state index in [4.69, 9.17) is 11.6 Å². The van der Waals surface area contributed by atoms with E-state index in [1.807, 2.05) is 37.8 Å². The molecule has 0 bridgehead atoms. The molecular weight excluding hydrogens is 321 g/mol. The Balaban J connectivity index is 2.52. The molecule has 0 aromatic carbocycles. The van der Waals surface area contributed by atoms with E-state index in [1.165, 1.54) is 11.3 Å². The smallest absolute Gasteiger partial charge is 0.313 e. The molecule has 21 heavy (non-hydrogen) atoms. The molecule has 1 N–H and O–H groups in total. The molecule has 0 radical (unpaired) electrons. The Morgan fingerprint density at radius 2 is 2.10 bits per heavy atom. The van der Waals surface area contributed by atoms with Crippen molar-refractivity contribution in [2.45, 2.75) is 6.18 Å². The molecule has 0 fully saturated rings. The number of nitrogens with one attached hydrogen (secondary N) is 1. The molecule has 0 aliphatic carbocycles. The lowest BCUT2D eigenvalue weighted by molar-refractivity contribution is -0.800. The summed E-state index contributed by atoms with van der Waals surface area (Å²) in [6.45, 7) is 0. The second kappa shape index (κ2) is 6.17. The quantitative estimate of drug-likeness (QED) is 0.911. The number of hydrogen-bond acceptors (Lipinski definition) is 2. The number of halogens is 4. The minimum Gasteiger partial charge on any atom is -0.313 e. The summed E-state index contributed by atoms with van der Waals surface area (Å²) in [5.41, 5.74) is 0.232. The van der Waals surface area contributed by atoms with Crippen LogP contribution in [0, 0.1) is 0 Å². The number of rotatable bonds is 3. The summed E-state index contributed by atoms with van der Waals surface area (Å²) < 4.78 is 38.0. The highest BCUT2D eigenvalue weighted by atomic mass is 35.5. The first-order chi connectivity index (χ1) is 9.79. The van der Waals surface area contributed by atoms with Gasteiger partial charge in [-0.15, -0.1) is 11.3 Å². The maximum absolute atomic E-state index is 12.7. The van der Waals surface area contributed by atoms with E-state index in [0.29, 0.717) is 5.69 Å². The maximum atomic E-state index is 12.7. The van der Waals surface area contributed by atoms with Gasteiger partial charge in [0, 0.05) is 11.1 Å². The predicted molar refractivity (Wildman–Crippen MR) is 78.5 cm³/mol. The van der Waals surface area contributed by atoms with Gasteiger partial charge in [0.1, 0.15) is 6.20 Å². The summed E-state index contributed by atoms with van der Waals surface area (Å²) >= 11 is 7.51. The molecule has 2 aromatic rings. The van der Waals surface area contributed by atoms with E-state index in [9.17, 15) is 13.2 Å². The van der Waals surface area contributed by atoms with Crippen LogP contribution in [-0.2, 0) is 6.18 Å². The van der Waals surface area contributed by atoms with E-state index in [0.717, 1.165) is 27.6 Å². The molecule has 2 rings (SSSR count). The summed E-state index contributed by atoms with van der Waals surface area (Å²) in [6.07, 6.45) is -1.77. The lowest BCUT2D eigenvalue weighted by Crippen LogP contribution is -3.00. The molecule has 7 heteroatoms. The lowest BCUT2D eigenvalue weighted by Gasteiger charge is -2.11. The Labute approximate surface area is 129 Å². The third-order valence-corrected chi connectivity index (χ3v) is 3.83. The van der Waals surface area contributed by atoms with Crippen molar-refractivity contribution < 1.29 is 18.1 Å². The topological polar surface area (TPSA) is 17.3 Å². The normalized spacial score (nSPS) is 13.0. The van der Waals surface area contributed by atoms with E-state index in [-0.39, 0.29) is 5.02 Å². The highest BCUT2D eigenvalue weighted by molar-refractivity contribution is 7.11. The number of alkyl halides is 3. The van der Waals surface area contributed by atoms with Gasteiger partial charge in [-0.25, -0.2) is 0 Å². The largest absolute Gasteiger partial charge is 0.417 e. The van der Waals surface area contributed by atoms with Gasteiger partial charge in [-0.1, -0.05) is 17.7 Å². The van der Waals surface area contributed by atoms with Crippen LogP contribution >= 0.6 is 22.9 Å². The number of quaternary nitrogens is 1. The number of hydrogen-bond donors (Lipinski definition) is 1. The van der Waals surface area contributed by atoms with Crippen molar-refractivity contribution in [1.82, 2.24) is 4.98 Å².